The zero-order valence-electron chi connectivity index (χ0n) is 25.2. The van der Waals surface area contributed by atoms with E-state index in [1.165, 1.54) is 18.2 Å². The molecule has 13 heteroatoms. The molecule has 0 aromatic heterocycles. The fourth-order valence-corrected chi connectivity index (χ4v) is 7.44. The molecule has 4 rings (SSSR count). The number of carbonyl (C=O) groups is 4. The van der Waals surface area contributed by atoms with Crippen LogP contribution in [0.3, 0.4) is 0 Å². The lowest BCUT2D eigenvalue weighted by Crippen LogP contribution is -2.66. The molecule has 6 N–H and O–H groups in total. The number of phenolic OH excluding ortho intramolecular Hbond substituents is 1. The third-order valence-electron chi connectivity index (χ3n) is 9.03. The number of Topliss-reactive ketones (excluding diaryl/α,β-unsaturated/α-hetero) is 2. The average molecular weight is 609 g/mol. The van der Waals surface area contributed by atoms with E-state index in [1.54, 1.807) is 39.8 Å². The normalized spacial score (nSPS) is 27.7. The van der Waals surface area contributed by atoms with E-state index in [-0.39, 0.29) is 36.3 Å². The molecule has 3 aliphatic rings. The summed E-state index contributed by atoms with van der Waals surface area (Å²) in [4.78, 5) is 67.4. The molecule has 0 fully saturated rings. The van der Waals surface area contributed by atoms with Crippen molar-refractivity contribution in [3.63, 3.8) is 0 Å². The zero-order valence-corrected chi connectivity index (χ0v) is 25.2. The number of benzene rings is 1. The predicted molar refractivity (Wildman–Crippen MR) is 161 cm³/mol. The monoisotopic (exact) mass is 608 g/mol. The number of carbonyl (C=O) groups excluding carboxylic acids is 4. The van der Waals surface area contributed by atoms with E-state index in [0.29, 0.717) is 11.3 Å². The first kappa shape index (κ1) is 32.1. The van der Waals surface area contributed by atoms with Crippen molar-refractivity contribution in [3.05, 3.63) is 70.0 Å². The van der Waals surface area contributed by atoms with E-state index in [4.69, 9.17) is 10.5 Å². The van der Waals surface area contributed by atoms with Crippen molar-refractivity contribution in [2.45, 2.75) is 39.2 Å². The Morgan fingerprint density at radius 3 is 2.41 bits per heavy atom. The summed E-state index contributed by atoms with van der Waals surface area (Å²) < 4.78 is 4.95. The maximum atomic E-state index is 14.5. The minimum atomic E-state index is -2.85. The van der Waals surface area contributed by atoms with Gasteiger partial charge in [0.1, 0.15) is 23.6 Å². The van der Waals surface area contributed by atoms with Crippen LogP contribution in [-0.4, -0.2) is 65.2 Å². The molecular formula is C31H36N4O9. The van der Waals surface area contributed by atoms with Gasteiger partial charge in [-0.25, -0.2) is 4.79 Å². The fraction of sp³-hybridized carbons (Fsp3) is 0.419. The number of nitroso groups, excluding NO2 is 1. The van der Waals surface area contributed by atoms with E-state index in [9.17, 15) is 39.4 Å². The Morgan fingerprint density at radius 1 is 1.27 bits per heavy atom. The van der Waals surface area contributed by atoms with Gasteiger partial charge in [0.15, 0.2) is 22.9 Å². The van der Waals surface area contributed by atoms with E-state index in [2.05, 4.69) is 23.7 Å². The molecule has 0 radical (unpaired) electrons. The Hall–Kier alpha value is -4.78. The van der Waals surface area contributed by atoms with Gasteiger partial charge in [-0.2, -0.15) is 0 Å². The summed E-state index contributed by atoms with van der Waals surface area (Å²) in [6, 6.07) is 1.46. The third-order valence-corrected chi connectivity index (χ3v) is 9.03. The lowest BCUT2D eigenvalue weighted by molar-refractivity contribution is -0.148. The second kappa shape index (κ2) is 10.7. The molecular weight excluding hydrogens is 572 g/mol. The molecule has 1 aromatic carbocycles. The van der Waals surface area contributed by atoms with Crippen LogP contribution in [0, 0.1) is 27.6 Å². The number of primary amides is 1. The number of fused-ring (bicyclic) bond motifs is 3. The maximum Gasteiger partial charge on any atom is 0.412 e. The Labute approximate surface area is 253 Å². The number of allylic oxidation sites excluding steroid dienone is 1. The minimum absolute atomic E-state index is 0.00250. The third kappa shape index (κ3) is 4.17. The van der Waals surface area contributed by atoms with Crippen molar-refractivity contribution in [2.24, 2.45) is 33.6 Å². The van der Waals surface area contributed by atoms with Gasteiger partial charge in [-0.15, -0.1) is 11.5 Å². The molecule has 0 saturated carbocycles. The van der Waals surface area contributed by atoms with Crippen LogP contribution in [-0.2, 0) is 20.7 Å². The first-order valence-corrected chi connectivity index (χ1v) is 13.9. The number of rotatable bonds is 8. The SMILES string of the molecule is C=CCOC(=O)Nc1cc(N(C)C)c2c(c1O)C(=O)C1=C(N=O)[C@]3(O)C(O)=C(C(N)=O)C(=O)[C@@H](C(C)C)[C@]3(C=C)C[C@]1(C)C2. The maximum absolute atomic E-state index is 14.5. The highest BCUT2D eigenvalue weighted by atomic mass is 16.5. The standard InChI is InChI=1S/C31H36N4O9/c1-8-10-44-28(41)33-16-11-17(35(6)7)15-12-29(5)13-30(9-2)20(14(3)4)24(38)19(27(32)40)26(39)31(30,42)25(34-43)21(29)23(37)18(15)22(16)36/h8-9,11,14,20,36,39,42H,1-2,10,12-13H2,3-7H3,(H2,32,40)(H,33,41)/t20-,29+,30+,31+/m1/s1. The summed E-state index contributed by atoms with van der Waals surface area (Å²) in [5.41, 5.74) is -2.20. The van der Waals surface area contributed by atoms with Gasteiger partial charge in [0.25, 0.3) is 5.91 Å². The fourth-order valence-electron chi connectivity index (χ4n) is 7.44. The highest BCUT2D eigenvalue weighted by Crippen LogP contribution is 2.67. The van der Waals surface area contributed by atoms with Gasteiger partial charge in [0, 0.05) is 42.1 Å². The summed E-state index contributed by atoms with van der Waals surface area (Å²) in [5.74, 6) is -6.67. The van der Waals surface area contributed by atoms with Crippen molar-refractivity contribution < 1.29 is 39.2 Å². The lowest BCUT2D eigenvalue weighted by atomic mass is 9.44. The smallest absolute Gasteiger partial charge is 0.412 e. The number of phenols is 1. The van der Waals surface area contributed by atoms with E-state index in [0.717, 1.165) is 0 Å². The number of hydrogen-bond acceptors (Lipinski definition) is 11. The first-order chi connectivity index (χ1) is 20.5. The summed E-state index contributed by atoms with van der Waals surface area (Å²) in [7, 11) is 3.38. The number of hydrogen-bond donors (Lipinski definition) is 5. The number of amides is 2. The number of ketones is 2. The van der Waals surface area contributed by atoms with Crippen LogP contribution in [0.2, 0.25) is 0 Å². The number of aromatic hydroxyl groups is 1. The van der Waals surface area contributed by atoms with Gasteiger partial charge < -0.3 is 30.7 Å². The van der Waals surface area contributed by atoms with Crippen LogP contribution in [0.4, 0.5) is 16.2 Å². The number of nitrogens with one attached hydrogen (secondary N) is 1. The van der Waals surface area contributed by atoms with Crippen LogP contribution < -0.4 is 16.0 Å². The van der Waals surface area contributed by atoms with Gasteiger partial charge in [0.05, 0.1) is 11.3 Å². The summed E-state index contributed by atoms with van der Waals surface area (Å²) in [6.45, 7) is 12.2. The molecule has 13 nitrogen and oxygen atoms in total. The zero-order chi connectivity index (χ0) is 33.1. The van der Waals surface area contributed by atoms with Crippen molar-refractivity contribution in [3.8, 4) is 5.75 Å². The molecule has 0 bridgehead atoms. The molecule has 0 spiro atoms. The van der Waals surface area contributed by atoms with Crippen LogP contribution in [0.5, 0.6) is 5.75 Å². The molecule has 44 heavy (non-hydrogen) atoms. The van der Waals surface area contributed by atoms with Gasteiger partial charge in [-0.3, -0.25) is 19.7 Å². The Kier molecular flexibility index (Phi) is 7.84. The van der Waals surface area contributed by atoms with E-state index >= 15 is 0 Å². The van der Waals surface area contributed by atoms with Gasteiger partial charge in [-0.05, 0) is 35.6 Å². The molecule has 3 aliphatic carbocycles. The molecule has 0 unspecified atom stereocenters. The van der Waals surface area contributed by atoms with Crippen molar-refractivity contribution in [2.75, 3.05) is 30.9 Å². The van der Waals surface area contributed by atoms with Crippen LogP contribution >= 0.6 is 0 Å². The number of nitrogens with zero attached hydrogens (tertiary/aromatic N) is 2. The molecule has 0 aliphatic heterocycles. The lowest BCUT2D eigenvalue weighted by Gasteiger charge is -2.59. The predicted octanol–water partition coefficient (Wildman–Crippen LogP) is 3.42. The first-order valence-electron chi connectivity index (χ1n) is 13.9. The largest absolute Gasteiger partial charge is 0.508 e. The number of nitrogens with two attached hydrogens (primary N) is 1. The van der Waals surface area contributed by atoms with Gasteiger partial charge in [-0.1, -0.05) is 39.5 Å². The second-order valence-electron chi connectivity index (χ2n) is 12.2. The highest BCUT2D eigenvalue weighted by molar-refractivity contribution is 6.22. The van der Waals surface area contributed by atoms with Gasteiger partial charge in [0.2, 0.25) is 0 Å². The Morgan fingerprint density at radius 2 is 1.91 bits per heavy atom. The van der Waals surface area contributed by atoms with Crippen molar-refractivity contribution in [1.29, 1.82) is 0 Å². The minimum Gasteiger partial charge on any atom is -0.508 e. The Balaban J connectivity index is 2.12. The average Bonchev–Trinajstić information content (AvgIpc) is 2.92. The highest BCUT2D eigenvalue weighted by Gasteiger charge is 2.71. The quantitative estimate of drug-likeness (QED) is 0.126. The van der Waals surface area contributed by atoms with Crippen LogP contribution in [0.15, 0.2) is 59.2 Å². The topological polar surface area (TPSA) is 209 Å². The molecule has 0 saturated heterocycles. The molecule has 2 amide bonds. The molecule has 1 aromatic rings. The van der Waals surface area contributed by atoms with Gasteiger partial charge >= 0.3 is 6.09 Å². The number of aliphatic hydroxyl groups is 2. The molecule has 4 atom stereocenters. The second-order valence-corrected chi connectivity index (χ2v) is 12.2. The number of aliphatic hydroxyl groups excluding tert-OH is 1. The molecule has 0 heterocycles. The number of anilines is 2. The van der Waals surface area contributed by atoms with E-state index < -0.39 is 74.6 Å². The van der Waals surface area contributed by atoms with E-state index in [1.807, 2.05) is 0 Å². The summed E-state index contributed by atoms with van der Waals surface area (Å²) in [5, 5.41) is 40.6. The van der Waals surface area contributed by atoms with Crippen LogP contribution in [0.25, 0.3) is 0 Å². The summed E-state index contributed by atoms with van der Waals surface area (Å²) >= 11 is 0. The summed E-state index contributed by atoms with van der Waals surface area (Å²) in [6.07, 6.45) is 1.49. The van der Waals surface area contributed by atoms with Crippen molar-refractivity contribution in [1.82, 2.24) is 0 Å². The van der Waals surface area contributed by atoms with Crippen LogP contribution in [0.1, 0.15) is 43.1 Å². The Bertz CT molecular complexity index is 1610. The van der Waals surface area contributed by atoms with Crippen molar-refractivity contribution >= 4 is 34.9 Å². The molecule has 234 valence electrons. The number of ether oxygens (including phenoxy) is 1.